The number of aromatic hydroxyl groups is 1. The van der Waals surface area contributed by atoms with Crippen molar-refractivity contribution in [2.24, 2.45) is 0 Å². The van der Waals surface area contributed by atoms with Gasteiger partial charge in [-0.2, -0.15) is 0 Å². The predicted octanol–water partition coefficient (Wildman–Crippen LogP) is 3.92. The van der Waals surface area contributed by atoms with Gasteiger partial charge in [-0.1, -0.05) is 29.8 Å². The lowest BCUT2D eigenvalue weighted by Gasteiger charge is -2.24. The third-order valence-corrected chi connectivity index (χ3v) is 4.62. The monoisotopic (exact) mass is 344 g/mol. The summed E-state index contributed by atoms with van der Waals surface area (Å²) in [4.78, 5) is 16.6. The van der Waals surface area contributed by atoms with Gasteiger partial charge in [-0.3, -0.25) is 4.79 Å². The first-order valence-corrected chi connectivity index (χ1v) is 8.51. The normalized spacial score (nSPS) is 14.0. The molecule has 0 saturated carbocycles. The smallest absolute Gasteiger partial charge is 0.257 e. The predicted molar refractivity (Wildman–Crippen MR) is 96.8 cm³/mol. The molecule has 1 N–H and O–H groups in total. The Bertz CT molecular complexity index is 742. The Kier molecular flexibility index (Phi) is 4.95. The number of phenolic OH excluding ortho intramolecular Hbond substituents is 1. The fourth-order valence-corrected chi connectivity index (χ4v) is 3.30. The Hall–Kier alpha value is -2.20. The van der Waals surface area contributed by atoms with E-state index in [0.29, 0.717) is 11.6 Å². The van der Waals surface area contributed by atoms with E-state index in [1.165, 1.54) is 30.7 Å². The highest BCUT2D eigenvalue weighted by atomic mass is 35.5. The molecular weight excluding hydrogens is 324 g/mol. The number of para-hydroxylation sites is 1. The molecule has 3 rings (SSSR count). The maximum Gasteiger partial charge on any atom is 0.257 e. The van der Waals surface area contributed by atoms with Crippen molar-refractivity contribution in [1.82, 2.24) is 4.90 Å². The van der Waals surface area contributed by atoms with Crippen LogP contribution in [-0.2, 0) is 6.54 Å². The van der Waals surface area contributed by atoms with Crippen LogP contribution in [0.15, 0.2) is 42.5 Å². The van der Waals surface area contributed by atoms with Gasteiger partial charge in [-0.15, -0.1) is 0 Å². The molecule has 5 heteroatoms. The molecule has 126 valence electrons. The van der Waals surface area contributed by atoms with Crippen LogP contribution in [0.5, 0.6) is 5.75 Å². The molecule has 1 aliphatic rings. The Morgan fingerprint density at radius 1 is 1.21 bits per heavy atom. The van der Waals surface area contributed by atoms with E-state index in [1.807, 2.05) is 12.1 Å². The van der Waals surface area contributed by atoms with Crippen molar-refractivity contribution < 1.29 is 9.90 Å². The quantitative estimate of drug-likeness (QED) is 0.914. The number of halogens is 1. The molecule has 24 heavy (non-hydrogen) atoms. The summed E-state index contributed by atoms with van der Waals surface area (Å²) in [5, 5.41) is 10.4. The largest absolute Gasteiger partial charge is 0.507 e. The van der Waals surface area contributed by atoms with E-state index in [9.17, 15) is 9.90 Å². The van der Waals surface area contributed by atoms with Crippen LogP contribution in [-0.4, -0.2) is 36.1 Å². The van der Waals surface area contributed by atoms with Crippen molar-refractivity contribution in [2.75, 3.05) is 25.0 Å². The number of phenols is 1. The third kappa shape index (κ3) is 3.49. The van der Waals surface area contributed by atoms with Gasteiger partial charge in [0.05, 0.1) is 5.56 Å². The Labute approximate surface area is 147 Å². The van der Waals surface area contributed by atoms with Crippen LogP contribution in [0.3, 0.4) is 0 Å². The van der Waals surface area contributed by atoms with Crippen LogP contribution in [0.4, 0.5) is 5.69 Å². The second kappa shape index (κ2) is 7.14. The Morgan fingerprint density at radius 2 is 1.92 bits per heavy atom. The number of amides is 1. The average Bonchev–Trinajstić information content (AvgIpc) is 3.11. The van der Waals surface area contributed by atoms with Gasteiger partial charge in [0.1, 0.15) is 5.75 Å². The van der Waals surface area contributed by atoms with Gasteiger partial charge in [-0.25, -0.2) is 0 Å². The van der Waals surface area contributed by atoms with Crippen molar-refractivity contribution in [3.05, 3.63) is 58.6 Å². The number of benzene rings is 2. The first kappa shape index (κ1) is 16.7. The summed E-state index contributed by atoms with van der Waals surface area (Å²) in [7, 11) is 1.74. The molecule has 1 aliphatic heterocycles. The van der Waals surface area contributed by atoms with Gasteiger partial charge in [0, 0.05) is 37.4 Å². The number of anilines is 1. The third-order valence-electron chi connectivity index (χ3n) is 4.38. The number of hydrogen-bond donors (Lipinski definition) is 1. The topological polar surface area (TPSA) is 43.8 Å². The van der Waals surface area contributed by atoms with Crippen LogP contribution >= 0.6 is 11.6 Å². The number of carbonyl (C=O) groups is 1. The molecule has 0 unspecified atom stereocenters. The molecule has 0 aromatic heterocycles. The zero-order valence-corrected chi connectivity index (χ0v) is 14.5. The van der Waals surface area contributed by atoms with Crippen LogP contribution < -0.4 is 4.90 Å². The molecule has 0 spiro atoms. The first-order chi connectivity index (χ1) is 11.6. The molecule has 1 fully saturated rings. The molecule has 0 atom stereocenters. The van der Waals surface area contributed by atoms with E-state index in [1.54, 1.807) is 18.0 Å². The maximum atomic E-state index is 12.6. The van der Waals surface area contributed by atoms with Gasteiger partial charge in [0.25, 0.3) is 5.91 Å². The van der Waals surface area contributed by atoms with Gasteiger partial charge >= 0.3 is 0 Å². The lowest BCUT2D eigenvalue weighted by molar-refractivity contribution is 0.0782. The minimum atomic E-state index is -0.244. The SMILES string of the molecule is CN(Cc1ccccc1N1CCCC1)C(=O)c1cc(Cl)ccc1O. The van der Waals surface area contributed by atoms with E-state index in [2.05, 4.69) is 17.0 Å². The molecule has 2 aromatic carbocycles. The Balaban J connectivity index is 1.81. The van der Waals surface area contributed by atoms with Crippen LogP contribution in [0, 0.1) is 0 Å². The zero-order valence-electron chi connectivity index (χ0n) is 13.7. The first-order valence-electron chi connectivity index (χ1n) is 8.13. The van der Waals surface area contributed by atoms with Gasteiger partial charge in [0.15, 0.2) is 0 Å². The summed E-state index contributed by atoms with van der Waals surface area (Å²) in [6.45, 7) is 2.60. The van der Waals surface area contributed by atoms with Crippen molar-refractivity contribution in [2.45, 2.75) is 19.4 Å². The zero-order chi connectivity index (χ0) is 17.1. The fourth-order valence-electron chi connectivity index (χ4n) is 3.12. The van der Waals surface area contributed by atoms with Crippen LogP contribution in [0.25, 0.3) is 0 Å². The maximum absolute atomic E-state index is 12.6. The van der Waals surface area contributed by atoms with Crippen molar-refractivity contribution >= 4 is 23.2 Å². The lowest BCUT2D eigenvalue weighted by atomic mass is 10.1. The number of hydrogen-bond acceptors (Lipinski definition) is 3. The summed E-state index contributed by atoms with van der Waals surface area (Å²) in [5.41, 5.74) is 2.52. The summed E-state index contributed by atoms with van der Waals surface area (Å²) in [5.74, 6) is -0.296. The molecule has 1 saturated heterocycles. The highest BCUT2D eigenvalue weighted by molar-refractivity contribution is 6.31. The van der Waals surface area contributed by atoms with E-state index in [0.717, 1.165) is 18.7 Å². The second-order valence-corrected chi connectivity index (χ2v) is 6.58. The molecule has 4 nitrogen and oxygen atoms in total. The van der Waals surface area contributed by atoms with Crippen molar-refractivity contribution in [3.63, 3.8) is 0 Å². The standard InChI is InChI=1S/C19H21ClN2O2/c1-21(19(24)16-12-15(20)8-9-18(16)23)13-14-6-2-3-7-17(14)22-10-4-5-11-22/h2-3,6-9,12,23H,4-5,10-11,13H2,1H3. The molecule has 0 radical (unpaired) electrons. The molecule has 0 aliphatic carbocycles. The van der Waals surface area contributed by atoms with Gasteiger partial charge < -0.3 is 14.9 Å². The number of carbonyl (C=O) groups excluding carboxylic acids is 1. The van der Waals surface area contributed by atoms with Gasteiger partial charge in [0.2, 0.25) is 0 Å². The molecule has 1 amide bonds. The molecule has 1 heterocycles. The van der Waals surface area contributed by atoms with E-state index in [4.69, 9.17) is 11.6 Å². The molecule has 2 aromatic rings. The Morgan fingerprint density at radius 3 is 2.67 bits per heavy atom. The number of rotatable bonds is 4. The van der Waals surface area contributed by atoms with Crippen LogP contribution in [0.2, 0.25) is 5.02 Å². The summed E-state index contributed by atoms with van der Waals surface area (Å²) in [6, 6.07) is 12.7. The minimum Gasteiger partial charge on any atom is -0.507 e. The minimum absolute atomic E-state index is 0.0518. The summed E-state index contributed by atoms with van der Waals surface area (Å²) < 4.78 is 0. The lowest BCUT2D eigenvalue weighted by Crippen LogP contribution is -2.28. The summed E-state index contributed by atoms with van der Waals surface area (Å²) >= 11 is 5.95. The molecule has 0 bridgehead atoms. The molecular formula is C19H21ClN2O2. The fraction of sp³-hybridized carbons (Fsp3) is 0.316. The van der Waals surface area contributed by atoms with Crippen molar-refractivity contribution in [1.29, 1.82) is 0 Å². The van der Waals surface area contributed by atoms with E-state index >= 15 is 0 Å². The van der Waals surface area contributed by atoms with Crippen LogP contribution in [0.1, 0.15) is 28.8 Å². The summed E-state index contributed by atoms with van der Waals surface area (Å²) in [6.07, 6.45) is 2.42. The second-order valence-electron chi connectivity index (χ2n) is 6.15. The van der Waals surface area contributed by atoms with E-state index < -0.39 is 0 Å². The highest BCUT2D eigenvalue weighted by Gasteiger charge is 2.20. The number of nitrogens with zero attached hydrogens (tertiary/aromatic N) is 2. The van der Waals surface area contributed by atoms with E-state index in [-0.39, 0.29) is 17.2 Å². The average molecular weight is 345 g/mol. The van der Waals surface area contributed by atoms with Crippen molar-refractivity contribution in [3.8, 4) is 5.75 Å². The van der Waals surface area contributed by atoms with Gasteiger partial charge in [-0.05, 0) is 42.7 Å². The highest BCUT2D eigenvalue weighted by Crippen LogP contribution is 2.27.